The van der Waals surface area contributed by atoms with Crippen molar-refractivity contribution in [3.8, 4) is 5.75 Å². The van der Waals surface area contributed by atoms with Gasteiger partial charge in [-0.25, -0.2) is 0 Å². The quantitative estimate of drug-likeness (QED) is 0.906. The van der Waals surface area contributed by atoms with E-state index in [1.54, 1.807) is 18.7 Å². The number of fused-ring (bicyclic) bond motifs is 2. The maximum Gasteiger partial charge on any atom is 0.221 e. The van der Waals surface area contributed by atoms with Gasteiger partial charge in [0.1, 0.15) is 5.75 Å². The minimum absolute atomic E-state index is 0.00926. The molecule has 1 heterocycles. The maximum absolute atomic E-state index is 11.4. The number of carbonyl (C=O) groups is 1. The van der Waals surface area contributed by atoms with Gasteiger partial charge in [-0.15, -0.1) is 0 Å². The van der Waals surface area contributed by atoms with Gasteiger partial charge in [0.25, 0.3) is 0 Å². The molecule has 0 atom stereocenters. The number of thioether (sulfide) groups is 1. The molecule has 22 heavy (non-hydrogen) atoms. The molecule has 4 heteroatoms. The lowest BCUT2D eigenvalue weighted by atomic mass is 9.88. The molecule has 1 aliphatic heterocycles. The Bertz CT molecular complexity index is 688. The van der Waals surface area contributed by atoms with Gasteiger partial charge in [-0.3, -0.25) is 4.79 Å². The first kappa shape index (κ1) is 15.2. The summed E-state index contributed by atoms with van der Waals surface area (Å²) in [7, 11) is 0. The van der Waals surface area contributed by atoms with E-state index < -0.39 is 0 Å². The standard InChI is InChI=1S/C18H21NO2S/c1-4-21-15-8-7-13-5-6-14-9-11(2)18(19-12(3)20)22-17(14)16(13)10-15/h7-8,10H,4-6,9H2,1-3H3,(H,19,20). The van der Waals surface area contributed by atoms with Crippen molar-refractivity contribution in [1.82, 2.24) is 5.32 Å². The summed E-state index contributed by atoms with van der Waals surface area (Å²) in [4.78, 5) is 12.7. The van der Waals surface area contributed by atoms with Crippen molar-refractivity contribution < 1.29 is 9.53 Å². The van der Waals surface area contributed by atoms with Crippen LogP contribution in [0.4, 0.5) is 0 Å². The van der Waals surface area contributed by atoms with Gasteiger partial charge in [-0.1, -0.05) is 23.4 Å². The molecule has 0 saturated heterocycles. The fraction of sp³-hybridized carbons (Fsp3) is 0.389. The van der Waals surface area contributed by atoms with Crippen LogP contribution in [0.25, 0.3) is 4.91 Å². The molecule has 116 valence electrons. The smallest absolute Gasteiger partial charge is 0.221 e. The number of nitrogens with one attached hydrogen (secondary N) is 1. The van der Waals surface area contributed by atoms with Gasteiger partial charge in [-0.2, -0.15) is 0 Å². The SMILES string of the molecule is CCOc1ccc2c(c1)C1=C(CC2)CC(C)=C(NC(C)=O)S1. The van der Waals surface area contributed by atoms with Gasteiger partial charge in [0.2, 0.25) is 5.91 Å². The molecule has 0 fully saturated rings. The van der Waals surface area contributed by atoms with E-state index in [9.17, 15) is 4.79 Å². The predicted octanol–water partition coefficient (Wildman–Crippen LogP) is 4.25. The van der Waals surface area contributed by atoms with Gasteiger partial charge < -0.3 is 10.1 Å². The van der Waals surface area contributed by atoms with Crippen LogP contribution in [-0.2, 0) is 11.2 Å². The molecule has 1 aliphatic carbocycles. The van der Waals surface area contributed by atoms with Gasteiger partial charge in [0.15, 0.2) is 0 Å². The number of allylic oxidation sites excluding steroid dienone is 2. The molecule has 1 aromatic rings. The zero-order valence-corrected chi connectivity index (χ0v) is 14.1. The number of ether oxygens (including phenoxy) is 1. The monoisotopic (exact) mass is 315 g/mol. The van der Waals surface area contributed by atoms with E-state index in [4.69, 9.17) is 4.74 Å². The molecular weight excluding hydrogens is 294 g/mol. The van der Waals surface area contributed by atoms with Crippen LogP contribution in [0, 0.1) is 0 Å². The number of carbonyl (C=O) groups excluding carboxylic acids is 1. The predicted molar refractivity (Wildman–Crippen MR) is 91.6 cm³/mol. The highest BCUT2D eigenvalue weighted by Gasteiger charge is 2.26. The van der Waals surface area contributed by atoms with E-state index in [-0.39, 0.29) is 5.91 Å². The van der Waals surface area contributed by atoms with E-state index >= 15 is 0 Å². The number of hydrogen-bond acceptors (Lipinski definition) is 3. The highest BCUT2D eigenvalue weighted by Crippen LogP contribution is 2.48. The Balaban J connectivity index is 1.95. The van der Waals surface area contributed by atoms with Crippen LogP contribution in [0.2, 0.25) is 0 Å². The minimum Gasteiger partial charge on any atom is -0.494 e. The summed E-state index contributed by atoms with van der Waals surface area (Å²) in [5.41, 5.74) is 5.38. The Hall–Kier alpha value is -1.68. The lowest BCUT2D eigenvalue weighted by Crippen LogP contribution is -2.21. The number of rotatable bonds is 3. The minimum atomic E-state index is -0.00926. The number of aryl methyl sites for hydroxylation is 1. The van der Waals surface area contributed by atoms with Gasteiger partial charge in [0, 0.05) is 11.8 Å². The summed E-state index contributed by atoms with van der Waals surface area (Å²) in [5, 5.41) is 3.96. The Morgan fingerprint density at radius 1 is 1.36 bits per heavy atom. The highest BCUT2D eigenvalue weighted by molar-refractivity contribution is 8.11. The lowest BCUT2D eigenvalue weighted by molar-refractivity contribution is -0.118. The van der Waals surface area contributed by atoms with E-state index in [0.717, 1.165) is 30.0 Å². The van der Waals surface area contributed by atoms with Gasteiger partial charge >= 0.3 is 0 Å². The number of amides is 1. The first-order chi connectivity index (χ1) is 10.6. The van der Waals surface area contributed by atoms with Gasteiger partial charge in [-0.05, 0) is 61.9 Å². The van der Waals surface area contributed by atoms with Crippen LogP contribution in [-0.4, -0.2) is 12.5 Å². The Kier molecular flexibility index (Phi) is 4.30. The summed E-state index contributed by atoms with van der Waals surface area (Å²) in [6, 6.07) is 6.37. The molecule has 0 radical (unpaired) electrons. The summed E-state index contributed by atoms with van der Waals surface area (Å²) in [5.74, 6) is 0.910. The van der Waals surface area contributed by atoms with Crippen molar-refractivity contribution in [2.24, 2.45) is 0 Å². The maximum atomic E-state index is 11.4. The second kappa shape index (κ2) is 6.21. The van der Waals surface area contributed by atoms with Crippen LogP contribution in [0.1, 0.15) is 44.7 Å². The van der Waals surface area contributed by atoms with Crippen molar-refractivity contribution in [2.45, 2.75) is 40.0 Å². The van der Waals surface area contributed by atoms with Crippen LogP contribution in [0.15, 0.2) is 34.4 Å². The third-order valence-corrected chi connectivity index (χ3v) is 5.38. The average Bonchev–Trinajstić information content (AvgIpc) is 2.48. The third kappa shape index (κ3) is 2.93. The molecule has 0 spiro atoms. The van der Waals surface area contributed by atoms with Crippen LogP contribution < -0.4 is 10.1 Å². The molecule has 1 N–H and O–H groups in total. The zero-order valence-electron chi connectivity index (χ0n) is 13.3. The molecule has 3 nitrogen and oxygen atoms in total. The molecular formula is C18H21NO2S. The summed E-state index contributed by atoms with van der Waals surface area (Å²) >= 11 is 1.69. The van der Waals surface area contributed by atoms with Crippen molar-refractivity contribution in [3.05, 3.63) is 45.5 Å². The Morgan fingerprint density at radius 3 is 2.91 bits per heavy atom. The van der Waals surface area contributed by atoms with Crippen molar-refractivity contribution in [3.63, 3.8) is 0 Å². The summed E-state index contributed by atoms with van der Waals surface area (Å²) < 4.78 is 5.65. The van der Waals surface area contributed by atoms with E-state index in [1.807, 2.05) is 6.92 Å². The van der Waals surface area contributed by atoms with Crippen LogP contribution >= 0.6 is 11.8 Å². The van der Waals surface area contributed by atoms with Gasteiger partial charge in [0.05, 0.1) is 11.6 Å². The molecule has 3 rings (SSSR count). The first-order valence-corrected chi connectivity index (χ1v) is 8.53. The van der Waals surface area contributed by atoms with Crippen LogP contribution in [0.5, 0.6) is 5.75 Å². The molecule has 1 amide bonds. The van der Waals surface area contributed by atoms with E-state index in [1.165, 1.54) is 27.2 Å². The van der Waals surface area contributed by atoms with E-state index in [0.29, 0.717) is 6.61 Å². The lowest BCUT2D eigenvalue weighted by Gasteiger charge is -2.29. The Morgan fingerprint density at radius 2 is 2.18 bits per heavy atom. The third-order valence-electron chi connectivity index (χ3n) is 4.01. The largest absolute Gasteiger partial charge is 0.494 e. The Labute approximate surface area is 135 Å². The van der Waals surface area contributed by atoms with Crippen molar-refractivity contribution in [2.75, 3.05) is 6.61 Å². The van der Waals surface area contributed by atoms with Crippen LogP contribution in [0.3, 0.4) is 0 Å². The van der Waals surface area contributed by atoms with Crippen molar-refractivity contribution in [1.29, 1.82) is 0 Å². The van der Waals surface area contributed by atoms with E-state index in [2.05, 4.69) is 30.4 Å². The topological polar surface area (TPSA) is 38.3 Å². The normalized spacial score (nSPS) is 17.0. The second-order valence-electron chi connectivity index (χ2n) is 5.75. The highest BCUT2D eigenvalue weighted by atomic mass is 32.2. The fourth-order valence-electron chi connectivity index (χ4n) is 3.01. The molecule has 2 aliphatic rings. The molecule has 1 aromatic carbocycles. The zero-order chi connectivity index (χ0) is 15.7. The average molecular weight is 315 g/mol. The summed E-state index contributed by atoms with van der Waals surface area (Å²) in [6.07, 6.45) is 3.15. The first-order valence-electron chi connectivity index (χ1n) is 7.71. The molecule has 0 bridgehead atoms. The molecule has 0 saturated carbocycles. The fourth-order valence-corrected chi connectivity index (χ4v) is 4.27. The molecule has 0 unspecified atom stereocenters. The summed E-state index contributed by atoms with van der Waals surface area (Å²) in [6.45, 7) is 6.34. The van der Waals surface area contributed by atoms with Crippen molar-refractivity contribution >= 4 is 22.6 Å². The number of benzene rings is 1. The molecule has 0 aromatic heterocycles. The second-order valence-corrected chi connectivity index (χ2v) is 6.77. The number of hydrogen-bond donors (Lipinski definition) is 1.